The summed E-state index contributed by atoms with van der Waals surface area (Å²) in [6.07, 6.45) is 2.54. The molecule has 0 aliphatic rings. The van der Waals surface area contributed by atoms with Crippen molar-refractivity contribution < 1.29 is 19.2 Å². The Balaban J connectivity index is 1.58. The van der Waals surface area contributed by atoms with Crippen LogP contribution in [0.15, 0.2) is 92.5 Å². The highest BCUT2D eigenvalue weighted by Gasteiger charge is 2.08. The van der Waals surface area contributed by atoms with Crippen molar-refractivity contribution in [2.75, 3.05) is 0 Å². The monoisotopic (exact) mass is 437 g/mol. The van der Waals surface area contributed by atoms with Crippen molar-refractivity contribution in [3.63, 3.8) is 0 Å². The highest BCUT2D eigenvalue weighted by Crippen LogP contribution is 2.25. The van der Waals surface area contributed by atoms with Crippen molar-refractivity contribution in [2.45, 2.75) is 19.8 Å². The fraction of sp³-hybridized carbons (Fsp3) is 0.107. The molecule has 0 heterocycles. The second-order valence-electron chi connectivity index (χ2n) is 7.75. The number of hydrogen-bond donors (Lipinski definition) is 1. The third-order valence-electron chi connectivity index (χ3n) is 5.28. The van der Waals surface area contributed by atoms with E-state index in [1.807, 2.05) is 24.3 Å². The van der Waals surface area contributed by atoms with Crippen LogP contribution in [0.3, 0.4) is 0 Å². The van der Waals surface area contributed by atoms with E-state index < -0.39 is 5.97 Å². The number of carbonyl (C=O) groups excluding carboxylic acids is 1. The Morgan fingerprint density at radius 1 is 0.939 bits per heavy atom. The van der Waals surface area contributed by atoms with Gasteiger partial charge in [-0.25, -0.2) is 4.79 Å². The molecule has 0 fully saturated rings. The van der Waals surface area contributed by atoms with E-state index >= 15 is 0 Å². The third-order valence-corrected chi connectivity index (χ3v) is 5.28. The molecule has 0 atom stereocenters. The predicted molar refractivity (Wildman–Crippen MR) is 134 cm³/mol. The molecular formula is C28H26BO4. The van der Waals surface area contributed by atoms with E-state index in [2.05, 4.69) is 44.9 Å². The molecule has 3 aromatic rings. The molecule has 0 aliphatic carbocycles. The number of benzene rings is 3. The largest absolute Gasteiger partial charge is 0.660 e. The maximum Gasteiger partial charge on any atom is 0.660 e. The van der Waals surface area contributed by atoms with E-state index in [1.165, 1.54) is 16.7 Å². The zero-order valence-electron chi connectivity index (χ0n) is 18.7. The molecule has 0 aliphatic heterocycles. The van der Waals surface area contributed by atoms with E-state index in [1.54, 1.807) is 24.3 Å². The van der Waals surface area contributed by atoms with Crippen molar-refractivity contribution in [3.8, 4) is 11.5 Å². The number of aromatic hydroxyl groups is 1. The summed E-state index contributed by atoms with van der Waals surface area (Å²) in [4.78, 5) is 11.0. The molecule has 0 bridgehead atoms. The van der Waals surface area contributed by atoms with Gasteiger partial charge in [-0.2, -0.15) is 0 Å². The first-order valence-corrected chi connectivity index (χ1v) is 10.5. The fourth-order valence-electron chi connectivity index (χ4n) is 3.39. The molecule has 4 nitrogen and oxygen atoms in total. The number of phenols is 1. The average Bonchev–Trinajstić information content (AvgIpc) is 2.81. The molecule has 33 heavy (non-hydrogen) atoms. The van der Waals surface area contributed by atoms with Crippen LogP contribution in [0.5, 0.6) is 11.5 Å². The quantitative estimate of drug-likeness (QED) is 0.319. The number of hydrogen-bond acceptors (Lipinski definition) is 4. The maximum absolute atomic E-state index is 11.0. The smallest absolute Gasteiger partial charge is 0.526 e. The van der Waals surface area contributed by atoms with E-state index in [9.17, 15) is 9.90 Å². The van der Waals surface area contributed by atoms with Crippen molar-refractivity contribution in [3.05, 3.63) is 120 Å². The Kier molecular flexibility index (Phi) is 7.93. The van der Waals surface area contributed by atoms with Gasteiger partial charge in [0, 0.05) is 6.08 Å². The zero-order valence-corrected chi connectivity index (χ0v) is 18.7. The van der Waals surface area contributed by atoms with Gasteiger partial charge in [0.05, 0.1) is 0 Å². The molecule has 1 radical (unpaired) electrons. The van der Waals surface area contributed by atoms with Crippen LogP contribution in [-0.4, -0.2) is 18.8 Å². The molecule has 3 aromatic carbocycles. The summed E-state index contributed by atoms with van der Waals surface area (Å²) >= 11 is 0. The molecule has 0 spiro atoms. The van der Waals surface area contributed by atoms with Gasteiger partial charge in [0.15, 0.2) is 0 Å². The summed E-state index contributed by atoms with van der Waals surface area (Å²) in [6, 6.07) is 21.0. The lowest BCUT2D eigenvalue weighted by atomic mass is 9.93. The first kappa shape index (κ1) is 23.7. The van der Waals surface area contributed by atoms with E-state index in [0.717, 1.165) is 48.9 Å². The summed E-state index contributed by atoms with van der Waals surface area (Å²) in [5, 5.41) is 9.46. The summed E-state index contributed by atoms with van der Waals surface area (Å²) < 4.78 is 9.96. The van der Waals surface area contributed by atoms with Gasteiger partial charge in [-0.15, -0.1) is 0 Å². The lowest BCUT2D eigenvalue weighted by Crippen LogP contribution is -2.11. The predicted octanol–water partition coefficient (Wildman–Crippen LogP) is 5.85. The van der Waals surface area contributed by atoms with Gasteiger partial charge in [-0.1, -0.05) is 62.2 Å². The molecular weight excluding hydrogens is 411 g/mol. The van der Waals surface area contributed by atoms with Gasteiger partial charge < -0.3 is 14.4 Å². The van der Waals surface area contributed by atoms with Gasteiger partial charge in [0.25, 0.3) is 0 Å². The molecule has 3 rings (SSSR count). The van der Waals surface area contributed by atoms with Crippen LogP contribution in [0.2, 0.25) is 0 Å². The fourth-order valence-corrected chi connectivity index (χ4v) is 3.39. The van der Waals surface area contributed by atoms with Crippen molar-refractivity contribution in [1.82, 2.24) is 0 Å². The normalized spacial score (nSPS) is 10.2. The Morgan fingerprint density at radius 3 is 2.15 bits per heavy atom. The van der Waals surface area contributed by atoms with Gasteiger partial charge in [-0.05, 0) is 83.0 Å². The Morgan fingerprint density at radius 2 is 1.55 bits per heavy atom. The number of allylic oxidation sites excluding steroid dienone is 2. The van der Waals surface area contributed by atoms with E-state index in [4.69, 9.17) is 9.31 Å². The first-order chi connectivity index (χ1) is 15.9. The van der Waals surface area contributed by atoms with Crippen molar-refractivity contribution >= 4 is 24.8 Å². The number of phenolic OH excluding ortho intramolecular Hbond substituents is 1. The molecule has 0 aromatic heterocycles. The average molecular weight is 437 g/mol. The number of aryl methyl sites for hydroxylation is 1. The van der Waals surface area contributed by atoms with Gasteiger partial charge in [-0.3, -0.25) is 0 Å². The lowest BCUT2D eigenvalue weighted by molar-refractivity contribution is -0.129. The van der Waals surface area contributed by atoms with Crippen LogP contribution in [0.1, 0.15) is 27.8 Å². The van der Waals surface area contributed by atoms with Crippen LogP contribution >= 0.6 is 0 Å². The lowest BCUT2D eigenvalue weighted by Gasteiger charge is -2.13. The van der Waals surface area contributed by atoms with E-state index in [0.29, 0.717) is 5.75 Å². The van der Waals surface area contributed by atoms with Crippen LogP contribution in [0.25, 0.3) is 11.1 Å². The Labute approximate surface area is 195 Å². The molecule has 5 heteroatoms. The van der Waals surface area contributed by atoms with Crippen LogP contribution in [-0.2, 0) is 22.3 Å². The summed E-state index contributed by atoms with van der Waals surface area (Å²) in [5.41, 5.74) is 7.63. The number of carbonyl (C=O) groups is 1. The Bertz CT molecular complexity index is 1160. The molecule has 1 N–H and O–H groups in total. The molecule has 0 unspecified atom stereocenters. The Hall–Kier alpha value is -3.99. The van der Waals surface area contributed by atoms with Gasteiger partial charge >= 0.3 is 13.7 Å². The van der Waals surface area contributed by atoms with Crippen molar-refractivity contribution in [1.29, 1.82) is 0 Å². The molecule has 0 saturated heterocycles. The SMILES string of the molecule is C=CC(=O)O[B]Oc1ccc(C(=C)Cc2ccc(CC(=C)c3ccc(O)cc3)cc2C)cc1. The second-order valence-corrected chi connectivity index (χ2v) is 7.75. The van der Waals surface area contributed by atoms with Crippen LogP contribution < -0.4 is 4.65 Å². The zero-order chi connectivity index (χ0) is 23.8. The first-order valence-electron chi connectivity index (χ1n) is 10.5. The van der Waals surface area contributed by atoms with Crippen LogP contribution in [0, 0.1) is 6.92 Å². The third kappa shape index (κ3) is 6.75. The minimum atomic E-state index is -0.578. The summed E-state index contributed by atoms with van der Waals surface area (Å²) in [5.74, 6) is 0.227. The highest BCUT2D eigenvalue weighted by molar-refractivity contribution is 6.24. The molecule has 0 amide bonds. The maximum atomic E-state index is 11.0. The van der Waals surface area contributed by atoms with Gasteiger partial charge in [0.2, 0.25) is 0 Å². The summed E-state index contributed by atoms with van der Waals surface area (Å²) in [7, 11) is 0.981. The number of rotatable bonds is 10. The summed E-state index contributed by atoms with van der Waals surface area (Å²) in [6.45, 7) is 13.9. The minimum absolute atomic E-state index is 0.251. The minimum Gasteiger partial charge on any atom is -0.526 e. The standard InChI is InChI=1S/C28H26BO4/c1-5-28(31)33-29-32-27-14-10-24(11-15-27)21(4)18-25-7-6-22(17-20(25)3)16-19(2)23-8-12-26(30)13-9-23/h5-15,17,30H,1-2,4,16,18H2,3H3. The van der Waals surface area contributed by atoms with Crippen LogP contribution in [0.4, 0.5) is 0 Å². The topological polar surface area (TPSA) is 55.8 Å². The van der Waals surface area contributed by atoms with E-state index in [-0.39, 0.29) is 5.75 Å². The highest BCUT2D eigenvalue weighted by atomic mass is 16.6. The van der Waals surface area contributed by atoms with Gasteiger partial charge in [0.1, 0.15) is 11.5 Å². The molecule has 0 saturated carbocycles. The molecule has 165 valence electrons. The van der Waals surface area contributed by atoms with Crippen molar-refractivity contribution in [2.24, 2.45) is 0 Å². The second kappa shape index (κ2) is 11.0.